The van der Waals surface area contributed by atoms with E-state index in [2.05, 4.69) is 10.6 Å². The largest absolute Gasteiger partial charge is 0.384 e. The van der Waals surface area contributed by atoms with Crippen LogP contribution in [-0.4, -0.2) is 39.3 Å². The fraction of sp³-hybridized carbons (Fsp3) is 0.533. The molecule has 110 valence electrons. The summed E-state index contributed by atoms with van der Waals surface area (Å²) >= 11 is 5.91. The first kappa shape index (κ1) is 15.3. The van der Waals surface area contributed by atoms with Gasteiger partial charge in [-0.15, -0.1) is 0 Å². The van der Waals surface area contributed by atoms with E-state index in [4.69, 9.17) is 16.3 Å². The van der Waals surface area contributed by atoms with Crippen LogP contribution in [0.5, 0.6) is 0 Å². The molecule has 1 aromatic rings. The number of rotatable bonds is 5. The fourth-order valence-corrected chi connectivity index (χ4v) is 2.83. The molecule has 1 heterocycles. The van der Waals surface area contributed by atoms with Crippen LogP contribution < -0.4 is 10.6 Å². The number of benzene rings is 1. The summed E-state index contributed by atoms with van der Waals surface area (Å²) in [6, 6.07) is 7.00. The minimum absolute atomic E-state index is 0.0359. The van der Waals surface area contributed by atoms with Gasteiger partial charge in [-0.25, -0.2) is 0 Å². The summed E-state index contributed by atoms with van der Waals surface area (Å²) in [5.41, 5.74) is 0.632. The van der Waals surface area contributed by atoms with Gasteiger partial charge in [0.15, 0.2) is 0 Å². The molecule has 0 aromatic heterocycles. The van der Waals surface area contributed by atoms with Crippen molar-refractivity contribution in [3.05, 3.63) is 34.9 Å². The molecule has 1 aliphatic heterocycles. The van der Waals surface area contributed by atoms with Gasteiger partial charge in [0, 0.05) is 29.7 Å². The number of halogens is 1. The monoisotopic (exact) mass is 296 g/mol. The van der Waals surface area contributed by atoms with Gasteiger partial charge < -0.3 is 15.4 Å². The number of nitrogens with one attached hydrogen (secondary N) is 2. The Labute approximate surface area is 124 Å². The first-order valence-electron chi connectivity index (χ1n) is 6.89. The van der Waals surface area contributed by atoms with Gasteiger partial charge in [-0.3, -0.25) is 4.79 Å². The standard InChI is InChI=1S/C15H21ClN2O2/c1-20-11-15(5-7-17-8-6-15)10-18-14(19)12-3-2-4-13(16)9-12/h2-4,9,17H,5-8,10-11H2,1H3,(H,18,19). The number of ether oxygens (including phenoxy) is 1. The van der Waals surface area contributed by atoms with Gasteiger partial charge in [0.05, 0.1) is 6.61 Å². The zero-order valence-electron chi connectivity index (χ0n) is 11.7. The van der Waals surface area contributed by atoms with Gasteiger partial charge in [-0.2, -0.15) is 0 Å². The lowest BCUT2D eigenvalue weighted by atomic mass is 9.79. The van der Waals surface area contributed by atoms with Gasteiger partial charge in [0.1, 0.15) is 0 Å². The molecule has 2 N–H and O–H groups in total. The van der Waals surface area contributed by atoms with E-state index in [1.54, 1.807) is 31.4 Å². The van der Waals surface area contributed by atoms with Crippen LogP contribution >= 0.6 is 11.6 Å². The Bertz CT molecular complexity index is 453. The summed E-state index contributed by atoms with van der Waals surface area (Å²) in [7, 11) is 1.71. The maximum Gasteiger partial charge on any atom is 0.251 e. The first-order valence-corrected chi connectivity index (χ1v) is 7.26. The predicted octanol–water partition coefficient (Wildman–Crippen LogP) is 2.09. The molecule has 1 aromatic carbocycles. The predicted molar refractivity (Wildman–Crippen MR) is 80.2 cm³/mol. The first-order chi connectivity index (χ1) is 9.65. The van der Waals surface area contributed by atoms with Crippen molar-refractivity contribution >= 4 is 17.5 Å². The molecule has 0 spiro atoms. The summed E-state index contributed by atoms with van der Waals surface area (Å²) < 4.78 is 5.34. The summed E-state index contributed by atoms with van der Waals surface area (Å²) in [4.78, 5) is 12.2. The van der Waals surface area contributed by atoms with Crippen molar-refractivity contribution in [3.8, 4) is 0 Å². The Kier molecular flexibility index (Phi) is 5.40. The molecule has 4 nitrogen and oxygen atoms in total. The molecule has 0 unspecified atom stereocenters. The molecule has 0 radical (unpaired) electrons. The second-order valence-electron chi connectivity index (χ2n) is 5.38. The number of hydrogen-bond donors (Lipinski definition) is 2. The maximum absolute atomic E-state index is 12.2. The van der Waals surface area contributed by atoms with Crippen molar-refractivity contribution in [2.24, 2.45) is 5.41 Å². The molecule has 0 atom stereocenters. The van der Waals surface area contributed by atoms with Gasteiger partial charge in [-0.05, 0) is 44.1 Å². The van der Waals surface area contributed by atoms with Gasteiger partial charge >= 0.3 is 0 Å². The third-order valence-electron chi connectivity index (χ3n) is 3.83. The molecule has 1 aliphatic rings. The van der Waals surface area contributed by atoms with Crippen LogP contribution in [0.1, 0.15) is 23.2 Å². The Morgan fingerprint density at radius 2 is 2.20 bits per heavy atom. The third kappa shape index (κ3) is 3.95. The molecule has 1 amide bonds. The topological polar surface area (TPSA) is 50.4 Å². The second kappa shape index (κ2) is 7.07. The SMILES string of the molecule is COCC1(CNC(=O)c2cccc(Cl)c2)CCNCC1. The Balaban J connectivity index is 1.96. The van der Waals surface area contributed by atoms with E-state index in [9.17, 15) is 4.79 Å². The zero-order chi connectivity index (χ0) is 14.4. The lowest BCUT2D eigenvalue weighted by molar-refractivity contribution is 0.0512. The minimum Gasteiger partial charge on any atom is -0.384 e. The Hall–Kier alpha value is -1.10. The molecule has 1 saturated heterocycles. The van der Waals surface area contributed by atoms with Gasteiger partial charge in [0.2, 0.25) is 0 Å². The van der Waals surface area contributed by atoms with Crippen LogP contribution in [0.25, 0.3) is 0 Å². The highest BCUT2D eigenvalue weighted by atomic mass is 35.5. The van der Waals surface area contributed by atoms with Crippen LogP contribution in [-0.2, 0) is 4.74 Å². The Morgan fingerprint density at radius 3 is 2.85 bits per heavy atom. The third-order valence-corrected chi connectivity index (χ3v) is 4.06. The van der Waals surface area contributed by atoms with Crippen molar-refractivity contribution in [2.45, 2.75) is 12.8 Å². The molecule has 20 heavy (non-hydrogen) atoms. The molecule has 2 rings (SSSR count). The molecular formula is C15H21ClN2O2. The van der Waals surface area contributed by atoms with Crippen LogP contribution in [0.3, 0.4) is 0 Å². The van der Waals surface area contributed by atoms with E-state index < -0.39 is 0 Å². The van der Waals surface area contributed by atoms with Gasteiger partial charge in [-0.1, -0.05) is 17.7 Å². The van der Waals surface area contributed by atoms with Crippen LogP contribution in [0.15, 0.2) is 24.3 Å². The van der Waals surface area contributed by atoms with E-state index >= 15 is 0 Å². The molecule has 0 bridgehead atoms. The molecule has 1 fully saturated rings. The van der Waals surface area contributed by atoms with Crippen molar-refractivity contribution < 1.29 is 9.53 Å². The van der Waals surface area contributed by atoms with Crippen molar-refractivity contribution in [2.75, 3.05) is 33.4 Å². The number of carbonyl (C=O) groups is 1. The highest BCUT2D eigenvalue weighted by Gasteiger charge is 2.32. The van der Waals surface area contributed by atoms with Gasteiger partial charge in [0.25, 0.3) is 5.91 Å². The molecular weight excluding hydrogens is 276 g/mol. The van der Waals surface area contributed by atoms with E-state index in [-0.39, 0.29) is 11.3 Å². The molecule has 0 saturated carbocycles. The van der Waals surface area contributed by atoms with E-state index in [1.807, 2.05) is 0 Å². The Morgan fingerprint density at radius 1 is 1.45 bits per heavy atom. The van der Waals surface area contributed by atoms with Crippen LogP contribution in [0.4, 0.5) is 0 Å². The highest BCUT2D eigenvalue weighted by Crippen LogP contribution is 2.28. The van der Waals surface area contributed by atoms with Crippen molar-refractivity contribution in [1.82, 2.24) is 10.6 Å². The van der Waals surface area contributed by atoms with Crippen molar-refractivity contribution in [3.63, 3.8) is 0 Å². The lowest BCUT2D eigenvalue weighted by Crippen LogP contribution is -2.47. The number of carbonyl (C=O) groups excluding carboxylic acids is 1. The number of methoxy groups -OCH3 is 1. The minimum atomic E-state index is -0.0819. The van der Waals surface area contributed by atoms with Crippen molar-refractivity contribution in [1.29, 1.82) is 0 Å². The molecule has 5 heteroatoms. The highest BCUT2D eigenvalue weighted by molar-refractivity contribution is 6.30. The number of amides is 1. The van der Waals surface area contributed by atoms with E-state index in [0.29, 0.717) is 23.7 Å². The summed E-state index contributed by atoms with van der Waals surface area (Å²) in [5.74, 6) is -0.0819. The summed E-state index contributed by atoms with van der Waals surface area (Å²) in [6.07, 6.45) is 2.02. The number of piperidine rings is 1. The summed E-state index contributed by atoms with van der Waals surface area (Å²) in [6.45, 7) is 3.24. The average molecular weight is 297 g/mol. The summed E-state index contributed by atoms with van der Waals surface area (Å²) in [5, 5.41) is 6.93. The molecule has 0 aliphatic carbocycles. The normalized spacial score (nSPS) is 17.7. The van der Waals surface area contributed by atoms with E-state index in [0.717, 1.165) is 25.9 Å². The van der Waals surface area contributed by atoms with Crippen LogP contribution in [0.2, 0.25) is 5.02 Å². The second-order valence-corrected chi connectivity index (χ2v) is 5.81. The maximum atomic E-state index is 12.2. The average Bonchev–Trinajstić information content (AvgIpc) is 2.46. The smallest absolute Gasteiger partial charge is 0.251 e. The zero-order valence-corrected chi connectivity index (χ0v) is 12.5. The fourth-order valence-electron chi connectivity index (χ4n) is 2.63. The van der Waals surface area contributed by atoms with E-state index in [1.165, 1.54) is 0 Å². The lowest BCUT2D eigenvalue weighted by Gasteiger charge is -2.37. The quantitative estimate of drug-likeness (QED) is 0.875. The van der Waals surface area contributed by atoms with Crippen LogP contribution in [0, 0.1) is 5.41 Å². The number of hydrogen-bond acceptors (Lipinski definition) is 3.